The number of carbonyl (C=O) groups excluding carboxylic acids is 1. The molecule has 2 rings (SSSR count). The normalized spacial score (nSPS) is 18.8. The molecule has 3 heteroatoms. The first kappa shape index (κ1) is 8.75. The summed E-state index contributed by atoms with van der Waals surface area (Å²) in [5.41, 5.74) is 2.33. The van der Waals surface area contributed by atoms with Crippen molar-refractivity contribution in [2.75, 3.05) is 7.11 Å². The Balaban J connectivity index is 2.35. The number of hydrogen-bond donors (Lipinski definition) is 0. The van der Waals surface area contributed by atoms with Crippen LogP contribution < -0.4 is 0 Å². The summed E-state index contributed by atoms with van der Waals surface area (Å²) in [5.74, 6) is -0.199. The molecule has 0 amide bonds. The second-order valence-electron chi connectivity index (χ2n) is 3.09. The lowest BCUT2D eigenvalue weighted by Crippen LogP contribution is -2.26. The summed E-state index contributed by atoms with van der Waals surface area (Å²) in [6, 6.07) is 5.98. The highest BCUT2D eigenvalue weighted by atomic mass is 79.9. The number of benzene rings is 1. The minimum absolute atomic E-state index is 0.0597. The van der Waals surface area contributed by atoms with E-state index < -0.39 is 0 Å². The monoisotopic (exact) mass is 240 g/mol. The highest BCUT2D eigenvalue weighted by Crippen LogP contribution is 2.40. The lowest BCUT2D eigenvalue weighted by molar-refractivity contribution is -0.143. The topological polar surface area (TPSA) is 26.3 Å². The maximum Gasteiger partial charge on any atom is 0.313 e. The van der Waals surface area contributed by atoms with E-state index in [0.717, 1.165) is 16.5 Å². The predicted octanol–water partition coefficient (Wildman–Crippen LogP) is 2.26. The summed E-state index contributed by atoms with van der Waals surface area (Å²) in [6.07, 6.45) is 0.807. The van der Waals surface area contributed by atoms with Crippen LogP contribution in [0.15, 0.2) is 22.7 Å². The number of hydrogen-bond acceptors (Lipinski definition) is 2. The molecule has 1 atom stereocenters. The van der Waals surface area contributed by atoms with Crippen LogP contribution in [-0.2, 0) is 16.0 Å². The molecular formula is C10H9BrO2. The number of methoxy groups -OCH3 is 1. The molecule has 0 aliphatic heterocycles. The van der Waals surface area contributed by atoms with Crippen LogP contribution in [0.25, 0.3) is 0 Å². The van der Waals surface area contributed by atoms with E-state index in [4.69, 9.17) is 4.74 Å². The fourth-order valence-corrected chi connectivity index (χ4v) is 2.37. The van der Waals surface area contributed by atoms with Crippen molar-refractivity contribution in [3.8, 4) is 0 Å². The zero-order chi connectivity index (χ0) is 9.42. The number of halogens is 1. The molecule has 13 heavy (non-hydrogen) atoms. The molecule has 0 fully saturated rings. The summed E-state index contributed by atoms with van der Waals surface area (Å²) in [7, 11) is 1.43. The van der Waals surface area contributed by atoms with Gasteiger partial charge < -0.3 is 4.74 Å². The molecule has 0 aromatic heterocycles. The Morgan fingerprint density at radius 3 is 3.00 bits per heavy atom. The molecule has 2 nitrogen and oxygen atoms in total. The predicted molar refractivity (Wildman–Crippen MR) is 52.6 cm³/mol. The molecule has 0 heterocycles. The standard InChI is InChI=1S/C10H9BrO2/c1-13-10(12)7-5-6-3-2-4-8(11)9(6)7/h2-4,7H,5H2,1H3. The highest BCUT2D eigenvalue weighted by Gasteiger charge is 2.34. The van der Waals surface area contributed by atoms with Crippen LogP contribution in [0, 0.1) is 0 Å². The van der Waals surface area contributed by atoms with Crippen LogP contribution in [0.1, 0.15) is 17.0 Å². The van der Waals surface area contributed by atoms with E-state index in [9.17, 15) is 4.79 Å². The Morgan fingerprint density at radius 1 is 1.62 bits per heavy atom. The van der Waals surface area contributed by atoms with Gasteiger partial charge in [0.05, 0.1) is 13.0 Å². The van der Waals surface area contributed by atoms with Gasteiger partial charge in [0.25, 0.3) is 0 Å². The van der Waals surface area contributed by atoms with E-state index in [1.807, 2.05) is 18.2 Å². The quantitative estimate of drug-likeness (QED) is 0.705. The molecule has 0 saturated heterocycles. The van der Waals surface area contributed by atoms with Crippen LogP contribution in [-0.4, -0.2) is 13.1 Å². The Labute approximate surface area is 85.0 Å². The third-order valence-electron chi connectivity index (χ3n) is 2.40. The molecule has 1 aliphatic rings. The number of rotatable bonds is 1. The number of ether oxygens (including phenoxy) is 1. The maximum absolute atomic E-state index is 11.3. The average molecular weight is 241 g/mol. The molecule has 1 aromatic carbocycles. The van der Waals surface area contributed by atoms with E-state index in [1.54, 1.807) is 0 Å². The second-order valence-corrected chi connectivity index (χ2v) is 3.95. The lowest BCUT2D eigenvalue weighted by atomic mass is 9.78. The summed E-state index contributed by atoms with van der Waals surface area (Å²) >= 11 is 3.43. The van der Waals surface area contributed by atoms with Crippen molar-refractivity contribution in [1.29, 1.82) is 0 Å². The minimum atomic E-state index is -0.139. The zero-order valence-corrected chi connectivity index (χ0v) is 8.80. The van der Waals surface area contributed by atoms with Gasteiger partial charge in [-0.25, -0.2) is 0 Å². The fourth-order valence-electron chi connectivity index (χ4n) is 1.68. The van der Waals surface area contributed by atoms with Gasteiger partial charge in [0.2, 0.25) is 0 Å². The smallest absolute Gasteiger partial charge is 0.313 e. The molecule has 0 spiro atoms. The van der Waals surface area contributed by atoms with Crippen molar-refractivity contribution in [3.63, 3.8) is 0 Å². The highest BCUT2D eigenvalue weighted by molar-refractivity contribution is 9.10. The van der Waals surface area contributed by atoms with Gasteiger partial charge in [0, 0.05) is 4.47 Å². The first-order chi connectivity index (χ1) is 6.24. The first-order valence-electron chi connectivity index (χ1n) is 4.09. The van der Waals surface area contributed by atoms with E-state index >= 15 is 0 Å². The van der Waals surface area contributed by atoms with E-state index in [0.29, 0.717) is 0 Å². The van der Waals surface area contributed by atoms with Gasteiger partial charge in [0.1, 0.15) is 0 Å². The van der Waals surface area contributed by atoms with E-state index in [-0.39, 0.29) is 11.9 Å². The van der Waals surface area contributed by atoms with Gasteiger partial charge in [-0.1, -0.05) is 28.1 Å². The molecule has 0 N–H and O–H groups in total. The summed E-state index contributed by atoms with van der Waals surface area (Å²) < 4.78 is 5.71. The van der Waals surface area contributed by atoms with Crippen LogP contribution in [0.5, 0.6) is 0 Å². The zero-order valence-electron chi connectivity index (χ0n) is 7.21. The Morgan fingerprint density at radius 2 is 2.38 bits per heavy atom. The van der Waals surface area contributed by atoms with Gasteiger partial charge in [-0.2, -0.15) is 0 Å². The van der Waals surface area contributed by atoms with Crippen molar-refractivity contribution >= 4 is 21.9 Å². The third-order valence-corrected chi connectivity index (χ3v) is 3.09. The van der Waals surface area contributed by atoms with Crippen LogP contribution in [0.2, 0.25) is 0 Å². The molecule has 0 radical (unpaired) electrons. The molecule has 0 saturated carbocycles. The number of carbonyl (C=O) groups is 1. The molecule has 0 bridgehead atoms. The second kappa shape index (κ2) is 3.14. The fraction of sp³-hybridized carbons (Fsp3) is 0.300. The summed E-state index contributed by atoms with van der Waals surface area (Å²) in [5, 5.41) is 0. The van der Waals surface area contributed by atoms with Crippen molar-refractivity contribution in [1.82, 2.24) is 0 Å². The number of fused-ring (bicyclic) bond motifs is 1. The van der Waals surface area contributed by atoms with Crippen LogP contribution in [0.3, 0.4) is 0 Å². The van der Waals surface area contributed by atoms with Crippen molar-refractivity contribution in [2.24, 2.45) is 0 Å². The minimum Gasteiger partial charge on any atom is -0.469 e. The van der Waals surface area contributed by atoms with Gasteiger partial charge in [0.15, 0.2) is 0 Å². The molecule has 1 aliphatic carbocycles. The molecule has 1 aromatic rings. The Hall–Kier alpha value is -0.830. The molecule has 68 valence electrons. The number of esters is 1. The maximum atomic E-state index is 11.3. The van der Waals surface area contributed by atoms with Gasteiger partial charge in [-0.15, -0.1) is 0 Å². The summed E-state index contributed by atoms with van der Waals surface area (Å²) in [4.78, 5) is 11.3. The Kier molecular flexibility index (Phi) is 2.12. The van der Waals surface area contributed by atoms with Crippen LogP contribution >= 0.6 is 15.9 Å². The van der Waals surface area contributed by atoms with Gasteiger partial charge in [-0.3, -0.25) is 4.79 Å². The molecule has 1 unspecified atom stereocenters. The Bertz CT molecular complexity index is 346. The SMILES string of the molecule is COC(=O)C1Cc2cccc(Br)c21. The van der Waals surface area contributed by atoms with Crippen molar-refractivity contribution in [3.05, 3.63) is 33.8 Å². The van der Waals surface area contributed by atoms with E-state index in [2.05, 4.69) is 15.9 Å². The summed E-state index contributed by atoms with van der Waals surface area (Å²) in [6.45, 7) is 0. The third kappa shape index (κ3) is 1.27. The largest absolute Gasteiger partial charge is 0.469 e. The van der Waals surface area contributed by atoms with Gasteiger partial charge in [-0.05, 0) is 23.6 Å². The lowest BCUT2D eigenvalue weighted by Gasteiger charge is -2.28. The van der Waals surface area contributed by atoms with Crippen LogP contribution in [0.4, 0.5) is 0 Å². The van der Waals surface area contributed by atoms with Gasteiger partial charge >= 0.3 is 5.97 Å². The average Bonchev–Trinajstić information content (AvgIpc) is 2.07. The first-order valence-corrected chi connectivity index (χ1v) is 4.88. The molecular weight excluding hydrogens is 232 g/mol. The van der Waals surface area contributed by atoms with Crippen molar-refractivity contribution in [2.45, 2.75) is 12.3 Å². The van der Waals surface area contributed by atoms with Crippen molar-refractivity contribution < 1.29 is 9.53 Å². The van der Waals surface area contributed by atoms with E-state index in [1.165, 1.54) is 12.7 Å².